The molecular weight excluding hydrogens is 206 g/mol. The minimum Gasteiger partial charge on any atom is -0.466 e. The summed E-state index contributed by atoms with van der Waals surface area (Å²) in [4.78, 5) is 22.3. The third-order valence-corrected chi connectivity index (χ3v) is 1.94. The summed E-state index contributed by atoms with van der Waals surface area (Å²) in [6.45, 7) is 2.43. The van der Waals surface area contributed by atoms with E-state index in [0.29, 0.717) is 13.2 Å². The van der Waals surface area contributed by atoms with Crippen LogP contribution < -0.4 is 5.32 Å². The van der Waals surface area contributed by atoms with Crippen molar-refractivity contribution in [1.29, 1.82) is 0 Å². The summed E-state index contributed by atoms with van der Waals surface area (Å²) in [5.74, 6) is -0.810. The van der Waals surface area contributed by atoms with Crippen LogP contribution in [-0.4, -0.2) is 18.5 Å². The molecule has 1 N–H and O–H groups in total. The van der Waals surface area contributed by atoms with E-state index in [1.54, 1.807) is 6.92 Å². The largest absolute Gasteiger partial charge is 0.466 e. The third kappa shape index (κ3) is 4.59. The molecule has 16 heavy (non-hydrogen) atoms. The van der Waals surface area contributed by atoms with Gasteiger partial charge in [0, 0.05) is 6.54 Å². The van der Waals surface area contributed by atoms with E-state index < -0.39 is 5.97 Å². The average Bonchev–Trinajstić information content (AvgIpc) is 2.28. The van der Waals surface area contributed by atoms with Crippen molar-refractivity contribution in [2.75, 3.05) is 6.61 Å². The summed E-state index contributed by atoms with van der Waals surface area (Å²) in [5.41, 5.74) is 1.000. The first-order valence-corrected chi connectivity index (χ1v) is 5.18. The monoisotopic (exact) mass is 221 g/mol. The summed E-state index contributed by atoms with van der Waals surface area (Å²) in [6.07, 6.45) is -0.222. The predicted octanol–water partition coefficient (Wildman–Crippen LogP) is 1.26. The normalized spacial score (nSPS) is 9.56. The second kappa shape index (κ2) is 6.61. The fourth-order valence-electron chi connectivity index (χ4n) is 1.20. The van der Waals surface area contributed by atoms with E-state index in [1.807, 2.05) is 30.3 Å². The molecule has 0 atom stereocenters. The zero-order valence-electron chi connectivity index (χ0n) is 9.23. The molecule has 0 saturated heterocycles. The molecular formula is C12H15NO3. The molecule has 0 radical (unpaired) electrons. The number of rotatable bonds is 5. The minimum absolute atomic E-state index is 0.222. The highest BCUT2D eigenvalue weighted by atomic mass is 16.5. The van der Waals surface area contributed by atoms with E-state index >= 15 is 0 Å². The van der Waals surface area contributed by atoms with Crippen LogP contribution in [0, 0.1) is 0 Å². The SMILES string of the molecule is CCOC(=O)CC(=O)NCc1ccccc1. The summed E-state index contributed by atoms with van der Waals surface area (Å²) >= 11 is 0. The van der Waals surface area contributed by atoms with Gasteiger partial charge in [0.15, 0.2) is 0 Å². The van der Waals surface area contributed by atoms with Gasteiger partial charge in [-0.1, -0.05) is 30.3 Å². The van der Waals surface area contributed by atoms with E-state index in [4.69, 9.17) is 0 Å². The van der Waals surface area contributed by atoms with Gasteiger partial charge in [0.2, 0.25) is 5.91 Å². The lowest BCUT2D eigenvalue weighted by Gasteiger charge is -2.04. The summed E-state index contributed by atoms with van der Waals surface area (Å²) in [6, 6.07) is 9.51. The molecule has 0 aliphatic carbocycles. The minimum atomic E-state index is -0.493. The highest BCUT2D eigenvalue weighted by molar-refractivity contribution is 5.94. The average molecular weight is 221 g/mol. The fourth-order valence-corrected chi connectivity index (χ4v) is 1.20. The van der Waals surface area contributed by atoms with E-state index in [2.05, 4.69) is 10.1 Å². The van der Waals surface area contributed by atoms with Crippen molar-refractivity contribution < 1.29 is 14.3 Å². The van der Waals surface area contributed by atoms with E-state index in [-0.39, 0.29) is 12.3 Å². The molecule has 0 saturated carbocycles. The number of amides is 1. The molecule has 0 spiro atoms. The lowest BCUT2D eigenvalue weighted by atomic mass is 10.2. The number of carbonyl (C=O) groups is 2. The van der Waals surface area contributed by atoms with Crippen LogP contribution in [0.2, 0.25) is 0 Å². The maximum Gasteiger partial charge on any atom is 0.315 e. The Bertz CT molecular complexity index is 349. The van der Waals surface area contributed by atoms with Crippen LogP contribution >= 0.6 is 0 Å². The quantitative estimate of drug-likeness (QED) is 0.601. The van der Waals surface area contributed by atoms with Gasteiger partial charge in [-0.3, -0.25) is 9.59 Å². The van der Waals surface area contributed by atoms with Gasteiger partial charge < -0.3 is 10.1 Å². The van der Waals surface area contributed by atoms with Crippen molar-refractivity contribution in [2.45, 2.75) is 19.9 Å². The van der Waals surface area contributed by atoms with Crippen molar-refractivity contribution in [3.63, 3.8) is 0 Å². The smallest absolute Gasteiger partial charge is 0.315 e. The lowest BCUT2D eigenvalue weighted by Crippen LogP contribution is -2.25. The highest BCUT2D eigenvalue weighted by Gasteiger charge is 2.09. The first kappa shape index (κ1) is 12.2. The van der Waals surface area contributed by atoms with Crippen LogP contribution in [-0.2, 0) is 20.9 Å². The molecule has 0 fully saturated rings. The van der Waals surface area contributed by atoms with Gasteiger partial charge in [-0.25, -0.2) is 0 Å². The molecule has 1 rings (SSSR count). The topological polar surface area (TPSA) is 55.4 Å². The number of hydrogen-bond acceptors (Lipinski definition) is 3. The number of hydrogen-bond donors (Lipinski definition) is 1. The number of esters is 1. The maximum absolute atomic E-state index is 11.3. The zero-order valence-corrected chi connectivity index (χ0v) is 9.23. The van der Waals surface area contributed by atoms with Crippen molar-refractivity contribution in [3.05, 3.63) is 35.9 Å². The van der Waals surface area contributed by atoms with Gasteiger partial charge in [-0.2, -0.15) is 0 Å². The van der Waals surface area contributed by atoms with Gasteiger partial charge in [-0.15, -0.1) is 0 Å². The molecule has 0 aliphatic heterocycles. The maximum atomic E-state index is 11.3. The van der Waals surface area contributed by atoms with E-state index in [0.717, 1.165) is 5.56 Å². The number of carbonyl (C=O) groups excluding carboxylic acids is 2. The Balaban J connectivity index is 2.28. The van der Waals surface area contributed by atoms with Crippen molar-refractivity contribution in [3.8, 4) is 0 Å². The fraction of sp³-hybridized carbons (Fsp3) is 0.333. The Morgan fingerprint density at radius 2 is 1.94 bits per heavy atom. The molecule has 0 unspecified atom stereocenters. The second-order valence-corrected chi connectivity index (χ2v) is 3.24. The van der Waals surface area contributed by atoms with Crippen LogP contribution in [0.4, 0.5) is 0 Å². The molecule has 1 amide bonds. The molecule has 0 heterocycles. The Hall–Kier alpha value is -1.84. The number of nitrogens with one attached hydrogen (secondary N) is 1. The zero-order chi connectivity index (χ0) is 11.8. The highest BCUT2D eigenvalue weighted by Crippen LogP contribution is 1.97. The van der Waals surface area contributed by atoms with Crippen LogP contribution in [0.1, 0.15) is 18.9 Å². The molecule has 0 bridgehead atoms. The summed E-state index contributed by atoms with van der Waals surface area (Å²) < 4.78 is 4.66. The Morgan fingerprint density at radius 1 is 1.25 bits per heavy atom. The standard InChI is InChI=1S/C12H15NO3/c1-2-16-12(15)8-11(14)13-9-10-6-4-3-5-7-10/h3-7H,2,8-9H2,1H3,(H,13,14). The predicted molar refractivity (Wildman–Crippen MR) is 59.5 cm³/mol. The molecule has 0 aliphatic rings. The Kier molecular flexibility index (Phi) is 5.05. The molecule has 4 heteroatoms. The van der Waals surface area contributed by atoms with E-state index in [1.165, 1.54) is 0 Å². The lowest BCUT2D eigenvalue weighted by molar-refractivity contribution is -0.146. The van der Waals surface area contributed by atoms with Crippen LogP contribution in [0.15, 0.2) is 30.3 Å². The van der Waals surface area contributed by atoms with Crippen molar-refractivity contribution >= 4 is 11.9 Å². The second-order valence-electron chi connectivity index (χ2n) is 3.24. The number of ether oxygens (including phenoxy) is 1. The molecule has 1 aromatic rings. The summed E-state index contributed by atoms with van der Waals surface area (Å²) in [7, 11) is 0. The van der Waals surface area contributed by atoms with Crippen LogP contribution in [0.5, 0.6) is 0 Å². The molecule has 1 aromatic carbocycles. The van der Waals surface area contributed by atoms with Crippen molar-refractivity contribution in [1.82, 2.24) is 5.32 Å². The first-order valence-electron chi connectivity index (χ1n) is 5.18. The van der Waals surface area contributed by atoms with Gasteiger partial charge in [-0.05, 0) is 12.5 Å². The van der Waals surface area contributed by atoms with Crippen LogP contribution in [0.25, 0.3) is 0 Å². The molecule has 86 valence electrons. The molecule has 4 nitrogen and oxygen atoms in total. The van der Waals surface area contributed by atoms with Gasteiger partial charge in [0.25, 0.3) is 0 Å². The molecule has 0 aromatic heterocycles. The Labute approximate surface area is 94.6 Å². The third-order valence-electron chi connectivity index (χ3n) is 1.94. The Morgan fingerprint density at radius 3 is 2.56 bits per heavy atom. The first-order chi connectivity index (χ1) is 7.72. The van der Waals surface area contributed by atoms with Crippen molar-refractivity contribution in [2.24, 2.45) is 0 Å². The van der Waals surface area contributed by atoms with E-state index in [9.17, 15) is 9.59 Å². The number of benzene rings is 1. The van der Waals surface area contributed by atoms with Gasteiger partial charge in [0.1, 0.15) is 6.42 Å². The van der Waals surface area contributed by atoms with Gasteiger partial charge in [0.05, 0.1) is 6.61 Å². The van der Waals surface area contributed by atoms with Gasteiger partial charge >= 0.3 is 5.97 Å². The summed E-state index contributed by atoms with van der Waals surface area (Å²) in [5, 5.41) is 2.65. The van der Waals surface area contributed by atoms with Crippen LogP contribution in [0.3, 0.4) is 0 Å².